The molecule has 0 aliphatic carbocycles. The maximum atomic E-state index is 12.2. The molecule has 0 spiro atoms. The number of para-hydroxylation sites is 1. The Kier molecular flexibility index (Phi) is 4.83. The monoisotopic (exact) mass is 389 g/mol. The third kappa shape index (κ3) is 3.61. The van der Waals surface area contributed by atoms with Gasteiger partial charge in [-0.25, -0.2) is 5.43 Å². The molecule has 5 nitrogen and oxygen atoms in total. The van der Waals surface area contributed by atoms with Gasteiger partial charge in [0.05, 0.1) is 11.9 Å². The first-order chi connectivity index (χ1) is 13.6. The van der Waals surface area contributed by atoms with Gasteiger partial charge >= 0.3 is 0 Å². The van der Waals surface area contributed by atoms with E-state index in [1.165, 1.54) is 0 Å². The molecule has 138 valence electrons. The SMILES string of the molecule is O=C(N/N=C/c1c(-c2ccc(O)cc2)[nH]c2ccccc12)c1ccc(Cl)cc1. The minimum absolute atomic E-state index is 0.199. The summed E-state index contributed by atoms with van der Waals surface area (Å²) in [6, 6.07) is 21.3. The van der Waals surface area contributed by atoms with Crippen molar-refractivity contribution in [2.24, 2.45) is 5.10 Å². The van der Waals surface area contributed by atoms with E-state index in [-0.39, 0.29) is 11.7 Å². The number of nitrogens with one attached hydrogen (secondary N) is 2. The number of amides is 1. The predicted molar refractivity (Wildman–Crippen MR) is 112 cm³/mol. The first kappa shape index (κ1) is 17.8. The maximum Gasteiger partial charge on any atom is 0.271 e. The van der Waals surface area contributed by atoms with Crippen LogP contribution in [0.1, 0.15) is 15.9 Å². The predicted octanol–water partition coefficient (Wildman–Crippen LogP) is 4.96. The van der Waals surface area contributed by atoms with Crippen molar-refractivity contribution in [2.45, 2.75) is 0 Å². The standard InChI is InChI=1S/C22H16ClN3O2/c23-16-9-5-15(6-10-16)22(28)26-24-13-19-18-3-1-2-4-20(18)25-21(19)14-7-11-17(27)12-8-14/h1-13,25,27H,(H,26,28)/b24-13+. The Morgan fingerprint density at radius 2 is 1.71 bits per heavy atom. The molecule has 28 heavy (non-hydrogen) atoms. The average Bonchev–Trinajstić information content (AvgIpc) is 3.08. The number of rotatable bonds is 4. The Balaban J connectivity index is 1.66. The zero-order valence-electron chi connectivity index (χ0n) is 14.7. The molecule has 1 amide bonds. The lowest BCUT2D eigenvalue weighted by atomic mass is 10.1. The molecular weight excluding hydrogens is 374 g/mol. The number of H-pyrrole nitrogens is 1. The second-order valence-electron chi connectivity index (χ2n) is 6.21. The highest BCUT2D eigenvalue weighted by molar-refractivity contribution is 6.30. The Morgan fingerprint density at radius 3 is 2.46 bits per heavy atom. The van der Waals surface area contributed by atoms with E-state index >= 15 is 0 Å². The zero-order chi connectivity index (χ0) is 19.5. The fourth-order valence-electron chi connectivity index (χ4n) is 2.97. The largest absolute Gasteiger partial charge is 0.508 e. The van der Waals surface area contributed by atoms with Crippen LogP contribution in [-0.2, 0) is 0 Å². The minimum Gasteiger partial charge on any atom is -0.508 e. The van der Waals surface area contributed by atoms with Gasteiger partial charge in [0.25, 0.3) is 5.91 Å². The fraction of sp³-hybridized carbons (Fsp3) is 0. The number of carbonyl (C=O) groups is 1. The summed E-state index contributed by atoms with van der Waals surface area (Å²) in [4.78, 5) is 15.6. The number of halogens is 1. The highest BCUT2D eigenvalue weighted by atomic mass is 35.5. The smallest absolute Gasteiger partial charge is 0.271 e. The van der Waals surface area contributed by atoms with Crippen molar-refractivity contribution in [2.75, 3.05) is 0 Å². The number of phenols is 1. The van der Waals surface area contributed by atoms with Crippen molar-refractivity contribution in [3.8, 4) is 17.0 Å². The number of nitrogens with zero attached hydrogens (tertiary/aromatic N) is 1. The molecule has 0 bridgehead atoms. The Bertz CT molecular complexity index is 1160. The Morgan fingerprint density at radius 1 is 1.00 bits per heavy atom. The molecule has 1 heterocycles. The molecule has 1 aromatic heterocycles. The molecule has 4 rings (SSSR count). The number of fused-ring (bicyclic) bond motifs is 1. The molecule has 0 unspecified atom stereocenters. The highest BCUT2D eigenvalue weighted by Crippen LogP contribution is 2.30. The first-order valence-electron chi connectivity index (χ1n) is 8.61. The molecular formula is C22H16ClN3O2. The summed E-state index contributed by atoms with van der Waals surface area (Å²) in [6.07, 6.45) is 1.62. The van der Waals surface area contributed by atoms with E-state index < -0.39 is 0 Å². The number of benzene rings is 3. The van der Waals surface area contributed by atoms with Gasteiger partial charge in [0.2, 0.25) is 0 Å². The third-order valence-electron chi connectivity index (χ3n) is 4.37. The molecule has 0 aliphatic heterocycles. The molecule has 0 radical (unpaired) electrons. The van der Waals surface area contributed by atoms with Crippen molar-refractivity contribution in [3.63, 3.8) is 0 Å². The van der Waals surface area contributed by atoms with E-state index in [4.69, 9.17) is 11.6 Å². The summed E-state index contributed by atoms with van der Waals surface area (Å²) >= 11 is 5.85. The summed E-state index contributed by atoms with van der Waals surface area (Å²) < 4.78 is 0. The minimum atomic E-state index is -0.320. The van der Waals surface area contributed by atoms with E-state index in [0.29, 0.717) is 10.6 Å². The van der Waals surface area contributed by atoms with Gasteiger partial charge in [0.15, 0.2) is 0 Å². The van der Waals surface area contributed by atoms with Gasteiger partial charge in [-0.2, -0.15) is 5.10 Å². The van der Waals surface area contributed by atoms with Crippen molar-refractivity contribution in [3.05, 3.63) is 88.9 Å². The van der Waals surface area contributed by atoms with Crippen molar-refractivity contribution < 1.29 is 9.90 Å². The molecule has 4 aromatic rings. The summed E-state index contributed by atoms with van der Waals surface area (Å²) in [5, 5.41) is 15.2. The quantitative estimate of drug-likeness (QED) is 0.341. The topological polar surface area (TPSA) is 77.5 Å². The van der Waals surface area contributed by atoms with Crippen LogP contribution in [-0.4, -0.2) is 22.2 Å². The Labute approximate surface area is 166 Å². The Hall–Kier alpha value is -3.57. The van der Waals surface area contributed by atoms with Crippen LogP contribution in [0, 0.1) is 0 Å². The van der Waals surface area contributed by atoms with E-state index in [0.717, 1.165) is 27.7 Å². The van der Waals surface area contributed by atoms with Gasteiger partial charge in [-0.3, -0.25) is 4.79 Å². The molecule has 3 N–H and O–H groups in total. The van der Waals surface area contributed by atoms with Crippen LogP contribution in [0.25, 0.3) is 22.2 Å². The van der Waals surface area contributed by atoms with Crippen LogP contribution in [0.2, 0.25) is 5.02 Å². The molecule has 0 saturated heterocycles. The first-order valence-corrected chi connectivity index (χ1v) is 8.99. The number of aromatic hydroxyl groups is 1. The summed E-state index contributed by atoms with van der Waals surface area (Å²) in [7, 11) is 0. The van der Waals surface area contributed by atoms with Gasteiger partial charge in [0.1, 0.15) is 5.75 Å². The molecule has 6 heteroatoms. The van der Waals surface area contributed by atoms with Crippen LogP contribution in [0.5, 0.6) is 5.75 Å². The van der Waals surface area contributed by atoms with Crippen LogP contribution in [0.3, 0.4) is 0 Å². The molecule has 3 aromatic carbocycles. The van der Waals surface area contributed by atoms with Crippen LogP contribution in [0.4, 0.5) is 0 Å². The lowest BCUT2D eigenvalue weighted by Crippen LogP contribution is -2.17. The fourth-order valence-corrected chi connectivity index (χ4v) is 3.10. The van der Waals surface area contributed by atoms with E-state index in [1.54, 1.807) is 42.6 Å². The lowest BCUT2D eigenvalue weighted by Gasteiger charge is -2.02. The second kappa shape index (κ2) is 7.58. The van der Waals surface area contributed by atoms with E-state index in [1.807, 2.05) is 36.4 Å². The number of carbonyl (C=O) groups excluding carboxylic acids is 1. The van der Waals surface area contributed by atoms with E-state index in [2.05, 4.69) is 15.5 Å². The average molecular weight is 390 g/mol. The third-order valence-corrected chi connectivity index (χ3v) is 4.62. The number of hydrogen-bond donors (Lipinski definition) is 3. The normalized spacial score (nSPS) is 11.2. The summed E-state index contributed by atoms with van der Waals surface area (Å²) in [5.41, 5.74) is 6.57. The van der Waals surface area contributed by atoms with Gasteiger partial charge in [-0.05, 0) is 60.2 Å². The summed E-state index contributed by atoms with van der Waals surface area (Å²) in [5.74, 6) is -0.121. The lowest BCUT2D eigenvalue weighted by molar-refractivity contribution is 0.0955. The van der Waals surface area contributed by atoms with Crippen LogP contribution >= 0.6 is 11.6 Å². The van der Waals surface area contributed by atoms with Crippen LogP contribution in [0.15, 0.2) is 77.9 Å². The van der Waals surface area contributed by atoms with Gasteiger partial charge in [-0.1, -0.05) is 29.8 Å². The highest BCUT2D eigenvalue weighted by Gasteiger charge is 2.12. The summed E-state index contributed by atoms with van der Waals surface area (Å²) in [6.45, 7) is 0. The molecule has 0 fully saturated rings. The maximum absolute atomic E-state index is 12.2. The van der Waals surface area contributed by atoms with Gasteiger partial charge in [0, 0.05) is 27.1 Å². The number of aromatic nitrogens is 1. The molecule has 0 saturated carbocycles. The van der Waals surface area contributed by atoms with Crippen molar-refractivity contribution >= 4 is 34.6 Å². The number of phenolic OH excluding ortho intramolecular Hbond substituents is 1. The number of aromatic amines is 1. The zero-order valence-corrected chi connectivity index (χ0v) is 15.4. The van der Waals surface area contributed by atoms with E-state index in [9.17, 15) is 9.90 Å². The van der Waals surface area contributed by atoms with Gasteiger partial charge < -0.3 is 10.1 Å². The van der Waals surface area contributed by atoms with Crippen LogP contribution < -0.4 is 5.43 Å². The second-order valence-corrected chi connectivity index (χ2v) is 6.65. The van der Waals surface area contributed by atoms with Crippen molar-refractivity contribution in [1.29, 1.82) is 0 Å². The molecule has 0 atom stereocenters. The van der Waals surface area contributed by atoms with Gasteiger partial charge in [-0.15, -0.1) is 0 Å². The number of hydrogen-bond acceptors (Lipinski definition) is 3. The van der Waals surface area contributed by atoms with Crippen molar-refractivity contribution in [1.82, 2.24) is 10.4 Å². The molecule has 0 aliphatic rings. The number of hydrazone groups is 1.